The van der Waals surface area contributed by atoms with Crippen molar-refractivity contribution in [2.45, 2.75) is 26.3 Å². The lowest BCUT2D eigenvalue weighted by molar-refractivity contribution is 0.0912. The molecule has 0 radical (unpaired) electrons. The second-order valence-corrected chi connectivity index (χ2v) is 5.23. The highest BCUT2D eigenvalue weighted by Gasteiger charge is 2.43. The molecule has 0 aliphatic carbocycles. The summed E-state index contributed by atoms with van der Waals surface area (Å²) < 4.78 is 16.6. The molecule has 1 heterocycles. The third-order valence-corrected chi connectivity index (χ3v) is 4.74. The average Bonchev–Trinajstić information content (AvgIpc) is 2.39. The Labute approximate surface area is 69.0 Å². The highest BCUT2D eigenvalue weighted by atomic mass is 28.4. The quantitative estimate of drug-likeness (QED) is 0.606. The van der Waals surface area contributed by atoms with Gasteiger partial charge in [0.15, 0.2) is 0 Å². The van der Waals surface area contributed by atoms with E-state index in [0.717, 1.165) is 19.1 Å². The van der Waals surface area contributed by atoms with E-state index in [-0.39, 0.29) is 0 Å². The topological polar surface area (TPSA) is 27.7 Å². The summed E-state index contributed by atoms with van der Waals surface area (Å²) in [4.78, 5) is 0. The summed E-state index contributed by atoms with van der Waals surface area (Å²) in [6.07, 6.45) is 1.09. The lowest BCUT2D eigenvalue weighted by Gasteiger charge is -2.22. The lowest BCUT2D eigenvalue weighted by atomic mass is 10.5. The Morgan fingerprint density at radius 2 is 1.91 bits per heavy atom. The minimum atomic E-state index is -2.13. The fraction of sp³-hybridized carbons (Fsp3) is 1.00. The maximum Gasteiger partial charge on any atom is 0.501 e. The molecular weight excluding hydrogens is 160 g/mol. The van der Waals surface area contributed by atoms with Crippen LogP contribution >= 0.6 is 0 Å². The molecule has 0 aromatic heterocycles. The van der Waals surface area contributed by atoms with Gasteiger partial charge in [-0.1, -0.05) is 0 Å². The molecule has 0 aromatic carbocycles. The SMILES string of the molecule is CCO[Si]1(OCC)CCCO1. The number of rotatable bonds is 4. The Hall–Kier alpha value is 0.0969. The van der Waals surface area contributed by atoms with Gasteiger partial charge in [0.1, 0.15) is 0 Å². The molecular formula is C7H16O3Si. The zero-order valence-electron chi connectivity index (χ0n) is 7.26. The van der Waals surface area contributed by atoms with Gasteiger partial charge in [0, 0.05) is 25.9 Å². The van der Waals surface area contributed by atoms with E-state index in [4.69, 9.17) is 13.3 Å². The molecule has 0 bridgehead atoms. The van der Waals surface area contributed by atoms with Crippen molar-refractivity contribution in [1.29, 1.82) is 0 Å². The van der Waals surface area contributed by atoms with E-state index in [1.165, 1.54) is 0 Å². The van der Waals surface area contributed by atoms with E-state index in [9.17, 15) is 0 Å². The van der Waals surface area contributed by atoms with Gasteiger partial charge in [-0.25, -0.2) is 0 Å². The van der Waals surface area contributed by atoms with Crippen LogP contribution < -0.4 is 0 Å². The molecule has 1 rings (SSSR count). The first-order chi connectivity index (χ1) is 5.33. The van der Waals surface area contributed by atoms with Crippen LogP contribution in [0.5, 0.6) is 0 Å². The van der Waals surface area contributed by atoms with E-state index in [0.29, 0.717) is 13.2 Å². The van der Waals surface area contributed by atoms with Gasteiger partial charge in [-0.3, -0.25) is 0 Å². The van der Waals surface area contributed by atoms with Crippen LogP contribution in [0.1, 0.15) is 20.3 Å². The zero-order valence-corrected chi connectivity index (χ0v) is 8.26. The second-order valence-electron chi connectivity index (χ2n) is 2.50. The number of hydrogen-bond donors (Lipinski definition) is 0. The van der Waals surface area contributed by atoms with Crippen LogP contribution in [0.2, 0.25) is 6.04 Å². The summed E-state index contributed by atoms with van der Waals surface area (Å²) in [5.74, 6) is 0. The summed E-state index contributed by atoms with van der Waals surface area (Å²) in [5, 5.41) is 0. The van der Waals surface area contributed by atoms with Crippen molar-refractivity contribution in [3.63, 3.8) is 0 Å². The van der Waals surface area contributed by atoms with Crippen molar-refractivity contribution < 1.29 is 13.3 Å². The zero-order chi connectivity index (χ0) is 8.16. The first-order valence-corrected chi connectivity index (χ1v) is 6.18. The van der Waals surface area contributed by atoms with Gasteiger partial charge in [0.25, 0.3) is 0 Å². The summed E-state index contributed by atoms with van der Waals surface area (Å²) in [7, 11) is -2.13. The van der Waals surface area contributed by atoms with Crippen molar-refractivity contribution in [1.82, 2.24) is 0 Å². The van der Waals surface area contributed by atoms with E-state index < -0.39 is 8.80 Å². The van der Waals surface area contributed by atoms with Gasteiger partial charge in [-0.05, 0) is 20.3 Å². The molecule has 11 heavy (non-hydrogen) atoms. The fourth-order valence-electron chi connectivity index (χ4n) is 1.30. The molecule has 4 heteroatoms. The van der Waals surface area contributed by atoms with Gasteiger partial charge in [-0.15, -0.1) is 0 Å². The van der Waals surface area contributed by atoms with Crippen LogP contribution in [0.15, 0.2) is 0 Å². The van der Waals surface area contributed by atoms with Gasteiger partial charge in [0.2, 0.25) is 0 Å². The van der Waals surface area contributed by atoms with Gasteiger partial charge in [-0.2, -0.15) is 0 Å². The third-order valence-electron chi connectivity index (χ3n) is 1.68. The second kappa shape index (κ2) is 4.20. The summed E-state index contributed by atoms with van der Waals surface area (Å²) in [5.41, 5.74) is 0. The highest BCUT2D eigenvalue weighted by molar-refractivity contribution is 6.61. The standard InChI is InChI=1S/C7H16O3Si/c1-3-8-11(9-4-2)7-5-6-10-11/h3-7H2,1-2H3. The van der Waals surface area contributed by atoms with E-state index in [2.05, 4.69) is 0 Å². The van der Waals surface area contributed by atoms with Gasteiger partial charge < -0.3 is 13.3 Å². The third kappa shape index (κ3) is 2.26. The van der Waals surface area contributed by atoms with Crippen LogP contribution in [0, 0.1) is 0 Å². The van der Waals surface area contributed by atoms with Crippen molar-refractivity contribution in [2.75, 3.05) is 19.8 Å². The first kappa shape index (κ1) is 9.19. The molecule has 0 saturated carbocycles. The molecule has 0 amide bonds. The summed E-state index contributed by atoms with van der Waals surface area (Å²) in [6, 6.07) is 0.995. The molecule has 0 spiro atoms. The van der Waals surface area contributed by atoms with Crippen LogP contribution in [0.3, 0.4) is 0 Å². The largest absolute Gasteiger partial charge is 0.501 e. The van der Waals surface area contributed by atoms with Crippen molar-refractivity contribution in [2.24, 2.45) is 0 Å². The molecule has 1 aliphatic heterocycles. The predicted octanol–water partition coefficient (Wildman–Crippen LogP) is 1.42. The molecule has 66 valence electrons. The number of hydrogen-bond acceptors (Lipinski definition) is 3. The molecule has 0 N–H and O–H groups in total. The monoisotopic (exact) mass is 176 g/mol. The summed E-state index contributed by atoms with van der Waals surface area (Å²) >= 11 is 0. The Morgan fingerprint density at radius 3 is 2.27 bits per heavy atom. The minimum absolute atomic E-state index is 0.701. The molecule has 3 nitrogen and oxygen atoms in total. The summed E-state index contributed by atoms with van der Waals surface area (Å²) in [6.45, 7) is 6.18. The molecule has 1 fully saturated rings. The molecule has 0 aromatic rings. The predicted molar refractivity (Wildman–Crippen MR) is 44.4 cm³/mol. The Balaban J connectivity index is 2.40. The van der Waals surface area contributed by atoms with E-state index in [1.54, 1.807) is 0 Å². The van der Waals surface area contributed by atoms with E-state index >= 15 is 0 Å². The smallest absolute Gasteiger partial charge is 0.374 e. The van der Waals surface area contributed by atoms with Crippen LogP contribution in [0.25, 0.3) is 0 Å². The molecule has 1 saturated heterocycles. The maximum absolute atomic E-state index is 5.53. The van der Waals surface area contributed by atoms with Crippen LogP contribution in [0.4, 0.5) is 0 Å². The lowest BCUT2D eigenvalue weighted by Crippen LogP contribution is -2.41. The molecule has 0 atom stereocenters. The van der Waals surface area contributed by atoms with Crippen LogP contribution in [-0.2, 0) is 13.3 Å². The highest BCUT2D eigenvalue weighted by Crippen LogP contribution is 2.24. The van der Waals surface area contributed by atoms with Gasteiger partial charge >= 0.3 is 8.80 Å². The first-order valence-electron chi connectivity index (χ1n) is 4.25. The van der Waals surface area contributed by atoms with Crippen molar-refractivity contribution >= 4 is 8.80 Å². The Kier molecular flexibility index (Phi) is 3.51. The molecule has 1 aliphatic rings. The Morgan fingerprint density at radius 1 is 1.27 bits per heavy atom. The van der Waals surface area contributed by atoms with Crippen molar-refractivity contribution in [3.8, 4) is 0 Å². The van der Waals surface area contributed by atoms with Crippen molar-refractivity contribution in [3.05, 3.63) is 0 Å². The maximum atomic E-state index is 5.53. The van der Waals surface area contributed by atoms with Gasteiger partial charge in [0.05, 0.1) is 0 Å². The van der Waals surface area contributed by atoms with E-state index in [1.807, 2.05) is 13.8 Å². The van der Waals surface area contributed by atoms with Crippen LogP contribution in [-0.4, -0.2) is 28.6 Å². The minimum Gasteiger partial charge on any atom is -0.374 e. The average molecular weight is 176 g/mol. The normalized spacial score (nSPS) is 22.4. The fourth-order valence-corrected chi connectivity index (χ4v) is 3.89. The molecule has 0 unspecified atom stereocenters. The Bertz CT molecular complexity index is 104.